The summed E-state index contributed by atoms with van der Waals surface area (Å²) < 4.78 is 33.5. The molecule has 0 aliphatic heterocycles. The number of benzene rings is 2. The van der Waals surface area contributed by atoms with Crippen LogP contribution < -0.4 is 15.4 Å². The first-order valence-electron chi connectivity index (χ1n) is 13.9. The first-order chi connectivity index (χ1) is 19.6. The Bertz CT molecular complexity index is 1390. The first-order valence-corrected chi connectivity index (χ1v) is 15.4. The number of amides is 2. The number of carbonyl (C=O) groups excluding carboxylic acids is 2. The van der Waals surface area contributed by atoms with Gasteiger partial charge in [-0.2, -0.15) is 4.31 Å². The molecule has 0 saturated carbocycles. The molecule has 224 valence electrons. The van der Waals surface area contributed by atoms with Crippen molar-refractivity contribution in [3.05, 3.63) is 60.3 Å². The average molecular weight is 587 g/mol. The van der Waals surface area contributed by atoms with Crippen molar-refractivity contribution in [3.63, 3.8) is 0 Å². The Kier molecular flexibility index (Phi) is 11.7. The van der Waals surface area contributed by atoms with Crippen molar-refractivity contribution in [2.75, 3.05) is 26.8 Å². The number of nitrogens with zero attached hydrogens (tertiary/aromatic N) is 1. The number of sulfonamides is 1. The lowest BCUT2D eigenvalue weighted by atomic mass is 10.0. The Balaban J connectivity index is 1.59. The number of aliphatic hydroxyl groups excluding tert-OH is 1. The molecule has 2 amide bonds. The second-order valence-corrected chi connectivity index (χ2v) is 12.5. The molecule has 0 radical (unpaired) electrons. The second kappa shape index (κ2) is 15.0. The Morgan fingerprint density at radius 2 is 1.78 bits per heavy atom. The van der Waals surface area contributed by atoms with Crippen LogP contribution in [0.5, 0.6) is 5.75 Å². The van der Waals surface area contributed by atoms with E-state index in [2.05, 4.69) is 15.6 Å². The molecule has 2 atom stereocenters. The van der Waals surface area contributed by atoms with Gasteiger partial charge in [0.15, 0.2) is 0 Å². The van der Waals surface area contributed by atoms with E-state index in [9.17, 15) is 23.1 Å². The molecule has 1 heterocycles. The van der Waals surface area contributed by atoms with E-state index in [1.807, 2.05) is 44.3 Å². The molecule has 3 aromatic rings. The van der Waals surface area contributed by atoms with Crippen LogP contribution in [0, 0.1) is 5.92 Å². The number of nitrogens with one attached hydrogen (secondary N) is 3. The number of hydrogen-bond acceptors (Lipinski definition) is 6. The number of hydrogen-bond donors (Lipinski definition) is 4. The average Bonchev–Trinajstić information content (AvgIpc) is 3.36. The maximum Gasteiger partial charge on any atom is 0.243 e. The highest BCUT2D eigenvalue weighted by atomic mass is 32.2. The van der Waals surface area contributed by atoms with Crippen molar-refractivity contribution in [2.45, 2.75) is 63.4 Å². The van der Waals surface area contributed by atoms with Crippen molar-refractivity contribution >= 4 is 32.7 Å². The minimum Gasteiger partial charge on any atom is -0.497 e. The van der Waals surface area contributed by atoms with Crippen LogP contribution >= 0.6 is 0 Å². The summed E-state index contributed by atoms with van der Waals surface area (Å²) in [6.07, 6.45) is 3.80. The van der Waals surface area contributed by atoms with Crippen LogP contribution in [0.2, 0.25) is 0 Å². The minimum absolute atomic E-state index is 0.0548. The van der Waals surface area contributed by atoms with Crippen molar-refractivity contribution < 1.29 is 27.9 Å². The van der Waals surface area contributed by atoms with E-state index in [-0.39, 0.29) is 35.8 Å². The zero-order valence-corrected chi connectivity index (χ0v) is 25.0. The van der Waals surface area contributed by atoms with Crippen molar-refractivity contribution in [1.82, 2.24) is 19.9 Å². The van der Waals surface area contributed by atoms with Crippen LogP contribution in [0.4, 0.5) is 0 Å². The summed E-state index contributed by atoms with van der Waals surface area (Å²) >= 11 is 0. The maximum absolute atomic E-state index is 13.5. The number of unbranched alkanes of at least 4 members (excludes halogenated alkanes) is 1. The summed E-state index contributed by atoms with van der Waals surface area (Å²) in [5.74, 6) is 0.0355. The summed E-state index contributed by atoms with van der Waals surface area (Å²) in [6.45, 7) is 5.56. The fraction of sp³-hybridized carbons (Fsp3) is 0.467. The number of aliphatic hydroxyl groups is 1. The van der Waals surface area contributed by atoms with E-state index in [4.69, 9.17) is 4.74 Å². The van der Waals surface area contributed by atoms with Gasteiger partial charge in [0.05, 0.1) is 18.6 Å². The Morgan fingerprint density at radius 3 is 2.41 bits per heavy atom. The molecule has 10 nitrogen and oxygen atoms in total. The molecule has 0 spiro atoms. The van der Waals surface area contributed by atoms with E-state index in [0.717, 1.165) is 16.5 Å². The van der Waals surface area contributed by atoms with E-state index < -0.39 is 22.1 Å². The van der Waals surface area contributed by atoms with E-state index in [0.29, 0.717) is 38.0 Å². The number of aromatic amines is 1. The second-order valence-electron chi connectivity index (χ2n) is 10.6. The van der Waals surface area contributed by atoms with E-state index in [1.54, 1.807) is 12.1 Å². The van der Waals surface area contributed by atoms with Crippen LogP contribution in [0.15, 0.2) is 59.6 Å². The van der Waals surface area contributed by atoms with Crippen LogP contribution in [-0.2, 0) is 26.0 Å². The molecule has 3 rings (SSSR count). The number of ether oxygens (including phenoxy) is 1. The third-order valence-electron chi connectivity index (χ3n) is 6.89. The predicted molar refractivity (Wildman–Crippen MR) is 159 cm³/mol. The Hall–Kier alpha value is -3.41. The highest BCUT2D eigenvalue weighted by Crippen LogP contribution is 2.24. The molecule has 41 heavy (non-hydrogen) atoms. The zero-order valence-electron chi connectivity index (χ0n) is 24.2. The van der Waals surface area contributed by atoms with Gasteiger partial charge in [0, 0.05) is 49.6 Å². The van der Waals surface area contributed by atoms with Gasteiger partial charge in [-0.1, -0.05) is 38.5 Å². The third-order valence-corrected chi connectivity index (χ3v) is 8.82. The van der Waals surface area contributed by atoms with Crippen molar-refractivity contribution in [1.29, 1.82) is 0 Å². The molecule has 11 heteroatoms. The van der Waals surface area contributed by atoms with E-state index in [1.165, 1.54) is 30.5 Å². The lowest BCUT2D eigenvalue weighted by Crippen LogP contribution is -2.47. The molecule has 0 aliphatic carbocycles. The smallest absolute Gasteiger partial charge is 0.243 e. The summed E-state index contributed by atoms with van der Waals surface area (Å²) in [7, 11) is -2.33. The first kappa shape index (κ1) is 32.1. The van der Waals surface area contributed by atoms with Gasteiger partial charge in [-0.25, -0.2) is 8.42 Å². The quantitative estimate of drug-likeness (QED) is 0.190. The summed E-state index contributed by atoms with van der Waals surface area (Å²) in [6, 6.07) is 12.7. The van der Waals surface area contributed by atoms with Gasteiger partial charge < -0.3 is 25.5 Å². The molecule has 0 fully saturated rings. The molecule has 1 aromatic heterocycles. The predicted octanol–water partition coefficient (Wildman–Crippen LogP) is 3.22. The van der Waals surface area contributed by atoms with E-state index >= 15 is 0 Å². The number of H-pyrrole nitrogens is 1. The molecule has 0 saturated heterocycles. The van der Waals surface area contributed by atoms with Gasteiger partial charge >= 0.3 is 0 Å². The number of para-hydroxylation sites is 1. The summed E-state index contributed by atoms with van der Waals surface area (Å²) in [5.41, 5.74) is 1.90. The molecule has 4 N–H and O–H groups in total. The van der Waals surface area contributed by atoms with Crippen LogP contribution in [0.3, 0.4) is 0 Å². The number of fused-ring (bicyclic) bond motifs is 1. The number of aromatic nitrogens is 1. The standard InChI is InChI=1S/C30H42N4O6S/c1-21(2)19-34(41(38,39)26-14-12-25(40-4)13-15-26)24(20-35)9-7-8-16-31-30(37)29(33-22(3)36)17-23-18-32-28-11-6-5-10-27(23)28/h5-6,10-15,18,21,24,29,32,35H,7-9,16-17,19-20H2,1-4H3,(H,31,37)(H,33,36)/t24-,29-/m0/s1. The minimum atomic E-state index is -3.85. The highest BCUT2D eigenvalue weighted by molar-refractivity contribution is 7.89. The van der Waals surface area contributed by atoms with Crippen LogP contribution in [0.1, 0.15) is 45.6 Å². The van der Waals surface area contributed by atoms with Crippen molar-refractivity contribution in [3.8, 4) is 5.75 Å². The zero-order chi connectivity index (χ0) is 30.0. The lowest BCUT2D eigenvalue weighted by Gasteiger charge is -2.31. The molecule has 0 bridgehead atoms. The number of carbonyl (C=O) groups is 2. The number of methoxy groups -OCH3 is 1. The molecule has 2 aromatic carbocycles. The third kappa shape index (κ3) is 8.79. The van der Waals surface area contributed by atoms with Gasteiger partial charge in [0.25, 0.3) is 0 Å². The molecular formula is C30H42N4O6S. The van der Waals surface area contributed by atoms with Gasteiger partial charge in [-0.05, 0) is 54.7 Å². The van der Waals surface area contributed by atoms with Gasteiger partial charge in [0.1, 0.15) is 11.8 Å². The summed E-state index contributed by atoms with van der Waals surface area (Å²) in [5, 5.41) is 16.8. The maximum atomic E-state index is 13.5. The van der Waals surface area contributed by atoms with Gasteiger partial charge in [0.2, 0.25) is 21.8 Å². The Morgan fingerprint density at radius 1 is 1.07 bits per heavy atom. The SMILES string of the molecule is COc1ccc(S(=O)(=O)N(CC(C)C)[C@H](CO)CCCCNC(=O)[C@H](Cc2c[nH]c3ccccc23)NC(C)=O)cc1. The number of rotatable bonds is 16. The topological polar surface area (TPSA) is 141 Å². The largest absolute Gasteiger partial charge is 0.497 e. The fourth-order valence-electron chi connectivity index (χ4n) is 4.83. The normalized spacial score (nSPS) is 13.3. The molecule has 0 aliphatic rings. The Labute approximate surface area is 242 Å². The summed E-state index contributed by atoms with van der Waals surface area (Å²) in [4.78, 5) is 28.1. The monoisotopic (exact) mass is 586 g/mol. The van der Waals surface area contributed by atoms with Crippen LogP contribution in [-0.4, -0.2) is 73.5 Å². The highest BCUT2D eigenvalue weighted by Gasteiger charge is 2.31. The van der Waals surface area contributed by atoms with Crippen LogP contribution in [0.25, 0.3) is 10.9 Å². The molecule has 0 unspecified atom stereocenters. The van der Waals surface area contributed by atoms with Gasteiger partial charge in [-0.15, -0.1) is 0 Å². The molecular weight excluding hydrogens is 544 g/mol. The van der Waals surface area contributed by atoms with Crippen molar-refractivity contribution in [2.24, 2.45) is 5.92 Å². The van der Waals surface area contributed by atoms with Gasteiger partial charge in [-0.3, -0.25) is 9.59 Å². The lowest BCUT2D eigenvalue weighted by molar-refractivity contribution is -0.128. The fourth-order valence-corrected chi connectivity index (χ4v) is 6.64.